The smallest absolute Gasteiger partial charge is 0.267 e. The molecule has 132 valence electrons. The summed E-state index contributed by atoms with van der Waals surface area (Å²) in [6.07, 6.45) is 5.36. The van der Waals surface area contributed by atoms with Crippen LogP contribution in [-0.2, 0) is 11.2 Å². The molecule has 6 heteroatoms. The van der Waals surface area contributed by atoms with E-state index in [0.29, 0.717) is 6.42 Å². The van der Waals surface area contributed by atoms with Crippen LogP contribution >= 0.6 is 0 Å². The molecule has 1 amide bonds. The second-order valence-corrected chi connectivity index (χ2v) is 5.67. The van der Waals surface area contributed by atoms with Crippen molar-refractivity contribution in [1.29, 1.82) is 0 Å². The molecule has 0 aliphatic heterocycles. The van der Waals surface area contributed by atoms with Crippen molar-refractivity contribution in [2.45, 2.75) is 6.42 Å². The number of para-hydroxylation sites is 1. The van der Waals surface area contributed by atoms with E-state index in [1.165, 1.54) is 6.08 Å². The first-order valence-electron chi connectivity index (χ1n) is 8.08. The number of carbonyl (C=O) groups excluding carboxylic acids is 1. The van der Waals surface area contributed by atoms with Gasteiger partial charge < -0.3 is 9.72 Å². The van der Waals surface area contributed by atoms with Crippen molar-refractivity contribution in [3.8, 4) is 17.0 Å². The van der Waals surface area contributed by atoms with Crippen molar-refractivity contribution < 1.29 is 14.7 Å². The van der Waals surface area contributed by atoms with Gasteiger partial charge in [-0.3, -0.25) is 10.0 Å². The molecule has 3 aromatic rings. The first kappa shape index (κ1) is 17.4. The van der Waals surface area contributed by atoms with Gasteiger partial charge in [-0.25, -0.2) is 10.5 Å². The van der Waals surface area contributed by atoms with Crippen molar-refractivity contribution in [2.24, 2.45) is 0 Å². The van der Waals surface area contributed by atoms with Gasteiger partial charge in [0, 0.05) is 18.1 Å². The Bertz CT molecular complexity index is 914. The van der Waals surface area contributed by atoms with Crippen LogP contribution < -0.4 is 10.2 Å². The van der Waals surface area contributed by atoms with Crippen LogP contribution in [0.15, 0.2) is 60.8 Å². The van der Waals surface area contributed by atoms with E-state index < -0.39 is 5.91 Å². The van der Waals surface area contributed by atoms with E-state index in [1.54, 1.807) is 24.9 Å². The summed E-state index contributed by atoms with van der Waals surface area (Å²) in [6.45, 7) is 0. The molecule has 0 saturated carbocycles. The average Bonchev–Trinajstić information content (AvgIpc) is 3.15. The second-order valence-electron chi connectivity index (χ2n) is 5.67. The quantitative estimate of drug-likeness (QED) is 0.362. The molecular weight excluding hydrogens is 330 g/mol. The number of methoxy groups -OCH3 is 1. The first-order valence-corrected chi connectivity index (χ1v) is 8.08. The van der Waals surface area contributed by atoms with Crippen molar-refractivity contribution in [1.82, 2.24) is 15.4 Å². The molecule has 26 heavy (non-hydrogen) atoms. The van der Waals surface area contributed by atoms with Gasteiger partial charge in [0.15, 0.2) is 0 Å². The maximum Gasteiger partial charge on any atom is 0.267 e. The van der Waals surface area contributed by atoms with Crippen LogP contribution in [-0.4, -0.2) is 28.2 Å². The summed E-state index contributed by atoms with van der Waals surface area (Å²) >= 11 is 0. The van der Waals surface area contributed by atoms with Gasteiger partial charge in [-0.15, -0.1) is 0 Å². The molecule has 0 aliphatic rings. The van der Waals surface area contributed by atoms with Crippen molar-refractivity contribution >= 4 is 12.0 Å². The summed E-state index contributed by atoms with van der Waals surface area (Å²) in [7, 11) is 1.65. The molecule has 2 aromatic carbocycles. The van der Waals surface area contributed by atoms with E-state index in [4.69, 9.17) is 9.94 Å². The summed E-state index contributed by atoms with van der Waals surface area (Å²) in [5.74, 6) is 1.09. The highest BCUT2D eigenvalue weighted by Gasteiger charge is 2.08. The number of carbonyl (C=O) groups is 1. The lowest BCUT2D eigenvalue weighted by Crippen LogP contribution is -2.14. The number of imidazole rings is 1. The van der Waals surface area contributed by atoms with E-state index in [1.807, 2.05) is 48.5 Å². The summed E-state index contributed by atoms with van der Waals surface area (Å²) in [5.41, 5.74) is 5.39. The summed E-state index contributed by atoms with van der Waals surface area (Å²) < 4.78 is 5.39. The summed E-state index contributed by atoms with van der Waals surface area (Å²) in [5, 5.41) is 8.47. The predicted molar refractivity (Wildman–Crippen MR) is 98.8 cm³/mol. The number of H-pyrrole nitrogens is 1. The van der Waals surface area contributed by atoms with Crippen LogP contribution in [0, 0.1) is 0 Å². The van der Waals surface area contributed by atoms with E-state index in [-0.39, 0.29) is 0 Å². The van der Waals surface area contributed by atoms with Crippen molar-refractivity contribution in [3.63, 3.8) is 0 Å². The number of nitrogens with one attached hydrogen (secondary N) is 2. The number of aromatic amines is 1. The maximum absolute atomic E-state index is 11.0. The number of amides is 1. The zero-order chi connectivity index (χ0) is 18.4. The van der Waals surface area contributed by atoms with Crippen LogP contribution in [0.25, 0.3) is 17.3 Å². The summed E-state index contributed by atoms with van der Waals surface area (Å²) in [4.78, 5) is 18.8. The van der Waals surface area contributed by atoms with E-state index in [0.717, 1.165) is 34.0 Å². The van der Waals surface area contributed by atoms with Gasteiger partial charge in [0.2, 0.25) is 0 Å². The highest BCUT2D eigenvalue weighted by Crippen LogP contribution is 2.28. The first-order chi connectivity index (χ1) is 12.7. The maximum atomic E-state index is 11.0. The lowest BCUT2D eigenvalue weighted by atomic mass is 10.1. The Morgan fingerprint density at radius 2 is 2.00 bits per heavy atom. The average molecular weight is 349 g/mol. The molecule has 1 heterocycles. The number of nitrogens with zero attached hydrogens (tertiary/aromatic N) is 1. The Labute approximate surface area is 151 Å². The third kappa shape index (κ3) is 4.17. The molecule has 0 bridgehead atoms. The van der Waals surface area contributed by atoms with Gasteiger partial charge in [0.1, 0.15) is 11.6 Å². The number of aromatic nitrogens is 2. The number of hydrogen-bond donors (Lipinski definition) is 3. The molecule has 0 spiro atoms. The molecular formula is C20H19N3O3. The lowest BCUT2D eigenvalue weighted by molar-refractivity contribution is -0.124. The van der Waals surface area contributed by atoms with E-state index in [2.05, 4.69) is 9.97 Å². The zero-order valence-electron chi connectivity index (χ0n) is 14.3. The standard InChI is InChI=1S/C20H19N3O3/c1-26-18-5-3-2-4-16(18)17-13-21-19(22-17)12-15-8-6-14(7-9-15)10-11-20(24)23-25/h2-11,13,25H,12H2,1H3,(H,21,22)(H,23,24). The minimum Gasteiger partial charge on any atom is -0.496 e. The molecule has 3 rings (SSSR count). The predicted octanol–water partition coefficient (Wildman–Crippen LogP) is 3.19. The molecule has 6 nitrogen and oxygen atoms in total. The zero-order valence-corrected chi connectivity index (χ0v) is 14.3. The van der Waals surface area contributed by atoms with Crippen LogP contribution in [0.5, 0.6) is 5.75 Å². The Kier molecular flexibility index (Phi) is 5.46. The van der Waals surface area contributed by atoms with Crippen LogP contribution in [0.4, 0.5) is 0 Å². The molecule has 0 radical (unpaired) electrons. The fourth-order valence-electron chi connectivity index (χ4n) is 2.61. The van der Waals surface area contributed by atoms with Gasteiger partial charge in [-0.1, -0.05) is 36.4 Å². The Morgan fingerprint density at radius 3 is 2.73 bits per heavy atom. The van der Waals surface area contributed by atoms with Crippen LogP contribution in [0.1, 0.15) is 17.0 Å². The number of hydroxylamine groups is 1. The highest BCUT2D eigenvalue weighted by atomic mass is 16.5. The molecule has 0 saturated heterocycles. The van der Waals surface area contributed by atoms with E-state index >= 15 is 0 Å². The third-order valence-electron chi connectivity index (χ3n) is 3.91. The fourth-order valence-corrected chi connectivity index (χ4v) is 2.61. The van der Waals surface area contributed by atoms with Gasteiger partial charge in [0.05, 0.1) is 19.0 Å². The number of hydrogen-bond acceptors (Lipinski definition) is 4. The number of rotatable bonds is 6. The topological polar surface area (TPSA) is 87.2 Å². The van der Waals surface area contributed by atoms with Crippen molar-refractivity contribution in [2.75, 3.05) is 7.11 Å². The van der Waals surface area contributed by atoms with Crippen LogP contribution in [0.2, 0.25) is 0 Å². The Balaban J connectivity index is 1.71. The van der Waals surface area contributed by atoms with Crippen molar-refractivity contribution in [3.05, 3.63) is 77.8 Å². The van der Waals surface area contributed by atoms with Gasteiger partial charge in [-0.2, -0.15) is 0 Å². The van der Waals surface area contributed by atoms with Gasteiger partial charge >= 0.3 is 0 Å². The Morgan fingerprint density at radius 1 is 1.23 bits per heavy atom. The Hall–Kier alpha value is -3.38. The molecule has 0 fully saturated rings. The lowest BCUT2D eigenvalue weighted by Gasteiger charge is -2.05. The van der Waals surface area contributed by atoms with E-state index in [9.17, 15) is 4.79 Å². The minimum absolute atomic E-state index is 0.562. The third-order valence-corrected chi connectivity index (χ3v) is 3.91. The number of ether oxygens (including phenoxy) is 1. The second kappa shape index (κ2) is 8.13. The molecule has 1 aromatic heterocycles. The monoisotopic (exact) mass is 349 g/mol. The normalized spacial score (nSPS) is 10.8. The molecule has 3 N–H and O–H groups in total. The van der Waals surface area contributed by atoms with Gasteiger partial charge in [-0.05, 0) is 29.3 Å². The molecule has 0 aliphatic carbocycles. The number of benzene rings is 2. The van der Waals surface area contributed by atoms with Crippen LogP contribution in [0.3, 0.4) is 0 Å². The van der Waals surface area contributed by atoms with Gasteiger partial charge in [0.25, 0.3) is 5.91 Å². The fraction of sp³-hybridized carbons (Fsp3) is 0.100. The summed E-state index contributed by atoms with van der Waals surface area (Å²) in [6, 6.07) is 15.5. The highest BCUT2D eigenvalue weighted by molar-refractivity contribution is 5.90. The largest absolute Gasteiger partial charge is 0.496 e. The minimum atomic E-state index is -0.562. The molecule has 0 unspecified atom stereocenters. The molecule has 0 atom stereocenters. The SMILES string of the molecule is COc1ccccc1-c1cnc(Cc2ccc(C=CC(=O)NO)cc2)[nH]1.